The number of carboxylic acid groups (broad SMARTS) is 1. The van der Waals surface area contributed by atoms with Crippen LogP contribution >= 0.6 is 0 Å². The van der Waals surface area contributed by atoms with E-state index in [1.54, 1.807) is 36.4 Å². The van der Waals surface area contributed by atoms with Crippen LogP contribution < -0.4 is 4.74 Å². The number of carbonyl (C=O) groups is 3. The van der Waals surface area contributed by atoms with Crippen LogP contribution in [0.5, 0.6) is 5.75 Å². The number of hydrogen-bond donors (Lipinski definition) is 1. The van der Waals surface area contributed by atoms with Crippen molar-refractivity contribution in [1.82, 2.24) is 4.90 Å². The first kappa shape index (κ1) is 16.7. The van der Waals surface area contributed by atoms with Gasteiger partial charge in [0, 0.05) is 12.1 Å². The van der Waals surface area contributed by atoms with Gasteiger partial charge in [-0.2, -0.15) is 0 Å². The van der Waals surface area contributed by atoms with Gasteiger partial charge in [-0.25, -0.2) is 9.59 Å². The first-order valence-corrected chi connectivity index (χ1v) is 7.98. The molecular formula is C19H17NO5. The fourth-order valence-electron chi connectivity index (χ4n) is 2.91. The molecule has 0 radical (unpaired) electrons. The van der Waals surface area contributed by atoms with Gasteiger partial charge < -0.3 is 14.7 Å². The van der Waals surface area contributed by atoms with Gasteiger partial charge in [-0.1, -0.05) is 30.3 Å². The Bertz CT molecular complexity index is 802. The maximum atomic E-state index is 12.6. The molecular weight excluding hydrogens is 322 g/mol. The monoisotopic (exact) mass is 339 g/mol. The summed E-state index contributed by atoms with van der Waals surface area (Å²) in [5.74, 6) is -2.03. The van der Waals surface area contributed by atoms with Crippen molar-refractivity contribution in [1.29, 1.82) is 0 Å². The second kappa shape index (κ2) is 7.17. The highest BCUT2D eigenvalue weighted by Crippen LogP contribution is 2.24. The Hall–Kier alpha value is -3.15. The maximum absolute atomic E-state index is 12.6. The summed E-state index contributed by atoms with van der Waals surface area (Å²) in [5, 5.41) is 9.18. The molecule has 1 amide bonds. The number of hydrogen-bond acceptors (Lipinski definition) is 4. The molecule has 2 aromatic carbocycles. The lowest BCUT2D eigenvalue weighted by Gasteiger charge is -2.23. The summed E-state index contributed by atoms with van der Waals surface area (Å²) >= 11 is 0. The number of likely N-dealkylation sites (tertiary alicyclic amines) is 1. The summed E-state index contributed by atoms with van der Waals surface area (Å²) in [6, 6.07) is 14.0. The van der Waals surface area contributed by atoms with E-state index in [9.17, 15) is 19.5 Å². The van der Waals surface area contributed by atoms with Gasteiger partial charge in [0.2, 0.25) is 0 Å². The van der Waals surface area contributed by atoms with E-state index in [1.165, 1.54) is 17.0 Å². The van der Waals surface area contributed by atoms with Crippen LogP contribution in [0.15, 0.2) is 54.6 Å². The number of amides is 1. The molecule has 25 heavy (non-hydrogen) atoms. The highest BCUT2D eigenvalue weighted by molar-refractivity contribution is 5.98. The predicted octanol–water partition coefficient (Wildman–Crippen LogP) is 2.60. The third-order valence-electron chi connectivity index (χ3n) is 4.13. The molecule has 1 unspecified atom stereocenters. The van der Waals surface area contributed by atoms with Crippen LogP contribution in [-0.2, 0) is 4.79 Å². The van der Waals surface area contributed by atoms with Crippen molar-refractivity contribution in [2.24, 2.45) is 0 Å². The van der Waals surface area contributed by atoms with E-state index in [-0.39, 0.29) is 17.2 Å². The standard InChI is InChI=1S/C19H17NO5/c21-17(13-7-2-1-3-8-13)20-12-6-10-15(20)19(24)25-16-11-5-4-9-14(16)18(22)23/h1-5,7-9,11,15H,6,10,12H2,(H,22,23). The number of ether oxygens (including phenoxy) is 1. The summed E-state index contributed by atoms with van der Waals surface area (Å²) in [6.07, 6.45) is 1.19. The molecule has 1 saturated heterocycles. The molecule has 1 heterocycles. The van der Waals surface area contributed by atoms with Crippen LogP contribution in [0.1, 0.15) is 33.6 Å². The minimum atomic E-state index is -1.17. The molecule has 1 fully saturated rings. The van der Waals surface area contributed by atoms with Gasteiger partial charge in [-0.15, -0.1) is 0 Å². The molecule has 3 rings (SSSR count). The smallest absolute Gasteiger partial charge is 0.339 e. The molecule has 0 aromatic heterocycles. The van der Waals surface area contributed by atoms with E-state index in [0.717, 1.165) is 0 Å². The van der Waals surface area contributed by atoms with Crippen molar-refractivity contribution < 1.29 is 24.2 Å². The lowest BCUT2D eigenvalue weighted by molar-refractivity contribution is -0.138. The zero-order valence-electron chi connectivity index (χ0n) is 13.4. The minimum absolute atomic E-state index is 0.0148. The second-order valence-corrected chi connectivity index (χ2v) is 5.75. The average Bonchev–Trinajstić information content (AvgIpc) is 3.12. The first-order chi connectivity index (χ1) is 12.1. The normalized spacial score (nSPS) is 16.5. The van der Waals surface area contributed by atoms with Gasteiger partial charge in [-0.3, -0.25) is 4.79 Å². The Labute approximate surface area is 144 Å². The summed E-state index contributed by atoms with van der Waals surface area (Å²) in [4.78, 5) is 37.9. The Morgan fingerprint density at radius 2 is 1.68 bits per heavy atom. The van der Waals surface area contributed by atoms with Crippen molar-refractivity contribution in [2.75, 3.05) is 6.54 Å². The highest BCUT2D eigenvalue weighted by Gasteiger charge is 2.36. The van der Waals surface area contributed by atoms with Crippen LogP contribution in [0, 0.1) is 0 Å². The average molecular weight is 339 g/mol. The lowest BCUT2D eigenvalue weighted by atomic mass is 10.1. The maximum Gasteiger partial charge on any atom is 0.339 e. The Morgan fingerprint density at radius 1 is 1.00 bits per heavy atom. The van der Waals surface area contributed by atoms with Crippen LogP contribution in [-0.4, -0.2) is 40.4 Å². The minimum Gasteiger partial charge on any atom is -0.478 e. The topological polar surface area (TPSA) is 83.9 Å². The zero-order valence-corrected chi connectivity index (χ0v) is 13.4. The van der Waals surface area contributed by atoms with E-state index >= 15 is 0 Å². The number of carbonyl (C=O) groups excluding carboxylic acids is 2. The fourth-order valence-corrected chi connectivity index (χ4v) is 2.91. The molecule has 0 spiro atoms. The van der Waals surface area contributed by atoms with Crippen molar-refractivity contribution in [3.63, 3.8) is 0 Å². The Morgan fingerprint density at radius 3 is 2.40 bits per heavy atom. The van der Waals surface area contributed by atoms with Gasteiger partial charge in [0.15, 0.2) is 0 Å². The van der Waals surface area contributed by atoms with Crippen molar-refractivity contribution in [3.8, 4) is 5.75 Å². The number of esters is 1. The predicted molar refractivity (Wildman–Crippen MR) is 89.5 cm³/mol. The molecule has 6 heteroatoms. The third kappa shape index (κ3) is 3.52. The van der Waals surface area contributed by atoms with E-state index in [1.807, 2.05) is 6.07 Å². The number of aromatic carboxylic acids is 1. The van der Waals surface area contributed by atoms with Crippen LogP contribution in [0.25, 0.3) is 0 Å². The number of benzene rings is 2. The van der Waals surface area contributed by atoms with Gasteiger partial charge >= 0.3 is 11.9 Å². The van der Waals surface area contributed by atoms with Crippen molar-refractivity contribution in [3.05, 3.63) is 65.7 Å². The van der Waals surface area contributed by atoms with E-state index in [0.29, 0.717) is 24.9 Å². The van der Waals surface area contributed by atoms with E-state index in [4.69, 9.17) is 4.74 Å². The molecule has 6 nitrogen and oxygen atoms in total. The number of carboxylic acids is 1. The third-order valence-corrected chi connectivity index (χ3v) is 4.13. The number of para-hydroxylation sites is 1. The van der Waals surface area contributed by atoms with Crippen LogP contribution in [0.2, 0.25) is 0 Å². The SMILES string of the molecule is O=C(O)c1ccccc1OC(=O)C1CCCN1C(=O)c1ccccc1. The highest BCUT2D eigenvalue weighted by atomic mass is 16.5. The van der Waals surface area contributed by atoms with Gasteiger partial charge in [0.05, 0.1) is 0 Å². The summed E-state index contributed by atoms with van der Waals surface area (Å²) in [7, 11) is 0. The Balaban J connectivity index is 1.78. The number of nitrogens with zero attached hydrogens (tertiary/aromatic N) is 1. The molecule has 0 saturated carbocycles. The Kier molecular flexibility index (Phi) is 4.79. The molecule has 2 aromatic rings. The summed E-state index contributed by atoms with van der Waals surface area (Å²) < 4.78 is 5.29. The fraction of sp³-hybridized carbons (Fsp3) is 0.211. The molecule has 1 aliphatic rings. The second-order valence-electron chi connectivity index (χ2n) is 5.75. The molecule has 1 atom stereocenters. The van der Waals surface area contributed by atoms with Gasteiger partial charge in [-0.05, 0) is 37.1 Å². The summed E-state index contributed by atoms with van der Waals surface area (Å²) in [5.41, 5.74) is 0.419. The van der Waals surface area contributed by atoms with Crippen molar-refractivity contribution >= 4 is 17.8 Å². The van der Waals surface area contributed by atoms with Crippen LogP contribution in [0.3, 0.4) is 0 Å². The van der Waals surface area contributed by atoms with E-state index in [2.05, 4.69) is 0 Å². The van der Waals surface area contributed by atoms with Crippen LogP contribution in [0.4, 0.5) is 0 Å². The first-order valence-electron chi connectivity index (χ1n) is 7.98. The quantitative estimate of drug-likeness (QED) is 0.684. The molecule has 1 aliphatic heterocycles. The lowest BCUT2D eigenvalue weighted by Crippen LogP contribution is -2.42. The number of rotatable bonds is 4. The molecule has 0 bridgehead atoms. The molecule has 1 N–H and O–H groups in total. The van der Waals surface area contributed by atoms with E-state index < -0.39 is 18.0 Å². The molecule has 0 aliphatic carbocycles. The largest absolute Gasteiger partial charge is 0.478 e. The zero-order chi connectivity index (χ0) is 17.8. The van der Waals surface area contributed by atoms with Gasteiger partial charge in [0.1, 0.15) is 17.4 Å². The summed E-state index contributed by atoms with van der Waals surface area (Å²) in [6.45, 7) is 0.466. The van der Waals surface area contributed by atoms with Crippen molar-refractivity contribution in [2.45, 2.75) is 18.9 Å². The molecule has 128 valence electrons. The van der Waals surface area contributed by atoms with Gasteiger partial charge in [0.25, 0.3) is 5.91 Å².